The molecule has 140 valence electrons. The number of hydrogen-bond acceptors (Lipinski definition) is 4. The van der Waals surface area contributed by atoms with Crippen molar-refractivity contribution in [2.75, 3.05) is 25.5 Å². The van der Waals surface area contributed by atoms with Crippen molar-refractivity contribution in [3.05, 3.63) is 53.1 Å². The predicted octanol–water partition coefficient (Wildman–Crippen LogP) is 4.30. The Balaban J connectivity index is 1.95. The third-order valence-corrected chi connectivity index (χ3v) is 4.25. The van der Waals surface area contributed by atoms with Gasteiger partial charge in [0, 0.05) is 30.1 Å². The van der Waals surface area contributed by atoms with Crippen molar-refractivity contribution in [3.63, 3.8) is 0 Å². The molecule has 0 bridgehead atoms. The number of benzene rings is 2. The van der Waals surface area contributed by atoms with Gasteiger partial charge < -0.3 is 15.2 Å². The maximum Gasteiger partial charge on any atom is 0.225 e. The summed E-state index contributed by atoms with van der Waals surface area (Å²) in [5, 5.41) is 13.3. The van der Waals surface area contributed by atoms with Crippen LogP contribution in [0.3, 0.4) is 0 Å². The molecule has 2 aromatic rings. The average Bonchev–Trinajstić information content (AvgIpc) is 2.62. The number of aromatic hydroxyl groups is 1. The molecule has 6 heteroatoms. The van der Waals surface area contributed by atoms with Crippen molar-refractivity contribution in [2.45, 2.75) is 26.3 Å². The highest BCUT2D eigenvalue weighted by Crippen LogP contribution is 2.27. The summed E-state index contributed by atoms with van der Waals surface area (Å²) in [6, 6.07) is 12.4. The van der Waals surface area contributed by atoms with Crippen LogP contribution in [0.2, 0.25) is 5.02 Å². The lowest BCUT2D eigenvalue weighted by Gasteiger charge is -2.22. The molecular formula is C20H25ClN2O3. The second kappa shape index (κ2) is 10.0. The Hall–Kier alpha value is -2.24. The van der Waals surface area contributed by atoms with Crippen LogP contribution in [0.1, 0.15) is 25.3 Å². The van der Waals surface area contributed by atoms with Gasteiger partial charge in [-0.3, -0.25) is 9.69 Å². The summed E-state index contributed by atoms with van der Waals surface area (Å²) in [6.45, 7) is 4.14. The van der Waals surface area contributed by atoms with E-state index in [9.17, 15) is 9.90 Å². The number of nitrogens with one attached hydrogen (secondary N) is 1. The van der Waals surface area contributed by atoms with Gasteiger partial charge in [-0.2, -0.15) is 0 Å². The SMILES string of the molecule is CCCN(CCC(=O)Nc1cc(Cl)ccc1OC)Cc1ccccc1O. The summed E-state index contributed by atoms with van der Waals surface area (Å²) < 4.78 is 5.25. The molecule has 0 saturated carbocycles. The number of hydrogen-bond donors (Lipinski definition) is 2. The van der Waals surface area contributed by atoms with E-state index in [0.717, 1.165) is 18.5 Å². The highest BCUT2D eigenvalue weighted by molar-refractivity contribution is 6.31. The zero-order valence-electron chi connectivity index (χ0n) is 15.2. The van der Waals surface area contributed by atoms with Gasteiger partial charge >= 0.3 is 0 Å². The van der Waals surface area contributed by atoms with E-state index in [2.05, 4.69) is 17.1 Å². The lowest BCUT2D eigenvalue weighted by molar-refractivity contribution is -0.116. The second-order valence-electron chi connectivity index (χ2n) is 6.05. The van der Waals surface area contributed by atoms with Crippen molar-refractivity contribution >= 4 is 23.2 Å². The van der Waals surface area contributed by atoms with Crippen molar-refractivity contribution in [3.8, 4) is 11.5 Å². The Kier molecular flexibility index (Phi) is 7.75. The number of amides is 1. The Labute approximate surface area is 159 Å². The molecule has 0 aliphatic carbocycles. The quantitative estimate of drug-likeness (QED) is 0.685. The number of methoxy groups -OCH3 is 1. The fourth-order valence-electron chi connectivity index (χ4n) is 2.72. The molecule has 0 aliphatic heterocycles. The number of ether oxygens (including phenoxy) is 1. The number of halogens is 1. The monoisotopic (exact) mass is 376 g/mol. The number of anilines is 1. The molecule has 1 amide bonds. The summed E-state index contributed by atoms with van der Waals surface area (Å²) in [4.78, 5) is 14.5. The molecule has 2 N–H and O–H groups in total. The van der Waals surface area contributed by atoms with Crippen LogP contribution >= 0.6 is 11.6 Å². The molecule has 0 saturated heterocycles. The summed E-state index contributed by atoms with van der Waals surface area (Å²) >= 11 is 5.99. The van der Waals surface area contributed by atoms with Crippen LogP contribution < -0.4 is 10.1 Å². The minimum atomic E-state index is -0.107. The molecule has 0 radical (unpaired) electrons. The van der Waals surface area contributed by atoms with Crippen LogP contribution in [-0.2, 0) is 11.3 Å². The van der Waals surface area contributed by atoms with Crippen LogP contribution in [0.5, 0.6) is 11.5 Å². The fourth-order valence-corrected chi connectivity index (χ4v) is 2.89. The van der Waals surface area contributed by atoms with Gasteiger partial charge in [-0.15, -0.1) is 0 Å². The van der Waals surface area contributed by atoms with Crippen LogP contribution in [0.15, 0.2) is 42.5 Å². The first-order valence-electron chi connectivity index (χ1n) is 8.66. The van der Waals surface area contributed by atoms with E-state index in [4.69, 9.17) is 16.3 Å². The van der Waals surface area contributed by atoms with Crippen LogP contribution in [0.4, 0.5) is 5.69 Å². The van der Waals surface area contributed by atoms with Gasteiger partial charge in [0.1, 0.15) is 11.5 Å². The standard InChI is InChI=1S/C20H25ClN2O3/c1-3-11-23(14-15-6-4-5-7-18(15)24)12-10-20(25)22-17-13-16(21)8-9-19(17)26-2/h4-9,13,24H,3,10-12,14H2,1-2H3,(H,22,25). The maximum absolute atomic E-state index is 12.3. The maximum atomic E-state index is 12.3. The molecule has 0 fully saturated rings. The molecule has 0 aromatic heterocycles. The topological polar surface area (TPSA) is 61.8 Å². The minimum absolute atomic E-state index is 0.107. The van der Waals surface area contributed by atoms with Crippen molar-refractivity contribution in [1.82, 2.24) is 4.90 Å². The van der Waals surface area contributed by atoms with E-state index in [1.807, 2.05) is 12.1 Å². The van der Waals surface area contributed by atoms with E-state index in [1.165, 1.54) is 0 Å². The number of carbonyl (C=O) groups is 1. The fraction of sp³-hybridized carbons (Fsp3) is 0.350. The van der Waals surface area contributed by atoms with Crippen LogP contribution in [-0.4, -0.2) is 36.1 Å². The number of carbonyl (C=O) groups excluding carboxylic acids is 1. The number of phenolic OH excluding ortho intramolecular Hbond substituents is 1. The van der Waals surface area contributed by atoms with Crippen molar-refractivity contribution in [2.24, 2.45) is 0 Å². The van der Waals surface area contributed by atoms with Crippen LogP contribution in [0, 0.1) is 0 Å². The van der Waals surface area contributed by atoms with Crippen molar-refractivity contribution < 1.29 is 14.6 Å². The minimum Gasteiger partial charge on any atom is -0.508 e. The summed E-state index contributed by atoms with van der Waals surface area (Å²) in [6.07, 6.45) is 1.31. The first kappa shape index (κ1) is 20.1. The molecule has 26 heavy (non-hydrogen) atoms. The average molecular weight is 377 g/mol. The van der Waals surface area contributed by atoms with E-state index >= 15 is 0 Å². The molecule has 2 aromatic carbocycles. The molecule has 0 aliphatic rings. The van der Waals surface area contributed by atoms with E-state index in [-0.39, 0.29) is 11.7 Å². The third-order valence-electron chi connectivity index (χ3n) is 4.02. The summed E-state index contributed by atoms with van der Waals surface area (Å²) in [5.74, 6) is 0.744. The van der Waals surface area contributed by atoms with E-state index < -0.39 is 0 Å². The lowest BCUT2D eigenvalue weighted by atomic mass is 10.1. The molecule has 2 rings (SSSR count). The second-order valence-corrected chi connectivity index (χ2v) is 6.48. The van der Waals surface area contributed by atoms with Gasteiger partial charge in [0.25, 0.3) is 0 Å². The van der Waals surface area contributed by atoms with Gasteiger partial charge in [-0.1, -0.05) is 36.7 Å². The first-order valence-corrected chi connectivity index (χ1v) is 9.04. The van der Waals surface area contributed by atoms with Gasteiger partial charge in [0.15, 0.2) is 0 Å². The Morgan fingerprint density at radius 1 is 1.23 bits per heavy atom. The number of para-hydroxylation sites is 1. The molecule has 5 nitrogen and oxygen atoms in total. The normalized spacial score (nSPS) is 10.8. The Morgan fingerprint density at radius 3 is 2.69 bits per heavy atom. The number of phenols is 1. The van der Waals surface area contributed by atoms with Crippen molar-refractivity contribution in [1.29, 1.82) is 0 Å². The van der Waals surface area contributed by atoms with E-state index in [0.29, 0.717) is 36.0 Å². The molecule has 0 heterocycles. The Bertz CT molecular complexity index is 737. The molecule has 0 spiro atoms. The van der Waals surface area contributed by atoms with E-state index in [1.54, 1.807) is 37.4 Å². The molecule has 0 unspecified atom stereocenters. The number of nitrogens with zero attached hydrogens (tertiary/aromatic N) is 1. The largest absolute Gasteiger partial charge is 0.508 e. The lowest BCUT2D eigenvalue weighted by Crippen LogP contribution is -2.28. The smallest absolute Gasteiger partial charge is 0.225 e. The van der Waals surface area contributed by atoms with Gasteiger partial charge in [0.2, 0.25) is 5.91 Å². The first-order chi connectivity index (χ1) is 12.5. The van der Waals surface area contributed by atoms with Gasteiger partial charge in [-0.05, 0) is 37.2 Å². The zero-order valence-corrected chi connectivity index (χ0v) is 15.9. The van der Waals surface area contributed by atoms with Gasteiger partial charge in [0.05, 0.1) is 12.8 Å². The highest BCUT2D eigenvalue weighted by Gasteiger charge is 2.12. The predicted molar refractivity (Wildman–Crippen MR) is 105 cm³/mol. The molecule has 0 atom stereocenters. The zero-order chi connectivity index (χ0) is 18.9. The molecular weight excluding hydrogens is 352 g/mol. The summed E-state index contributed by atoms with van der Waals surface area (Å²) in [7, 11) is 1.55. The third kappa shape index (κ3) is 5.93. The van der Waals surface area contributed by atoms with Gasteiger partial charge in [-0.25, -0.2) is 0 Å². The van der Waals surface area contributed by atoms with Crippen LogP contribution in [0.25, 0.3) is 0 Å². The highest BCUT2D eigenvalue weighted by atomic mass is 35.5. The number of rotatable bonds is 9. The Morgan fingerprint density at radius 2 is 2.00 bits per heavy atom. The summed E-state index contributed by atoms with van der Waals surface area (Å²) in [5.41, 5.74) is 1.42.